The molecule has 4 nitrogen and oxygen atoms in total. The molecule has 2 N–H and O–H groups in total. The number of hydrogen-bond donors (Lipinski definition) is 1. The van der Waals surface area contributed by atoms with Crippen molar-refractivity contribution >= 4 is 21.8 Å². The predicted octanol–water partition coefficient (Wildman–Crippen LogP) is 2.26. The van der Waals surface area contributed by atoms with E-state index >= 15 is 0 Å². The monoisotopic (exact) mass is 340 g/mol. The van der Waals surface area contributed by atoms with Crippen molar-refractivity contribution in [3.8, 4) is 0 Å². The largest absolute Gasteiger partial charge is 0.375 e. The number of nitrogens with zero attached hydrogens (tertiary/aromatic N) is 1. The van der Waals surface area contributed by atoms with Crippen LogP contribution in [-0.4, -0.2) is 36.6 Å². The van der Waals surface area contributed by atoms with Crippen LogP contribution in [0, 0.1) is 0 Å². The van der Waals surface area contributed by atoms with Gasteiger partial charge in [-0.15, -0.1) is 0 Å². The number of amides is 1. The number of carbonyl (C=O) groups excluding carboxylic acids is 1. The maximum Gasteiger partial charge on any atom is 0.247 e. The minimum absolute atomic E-state index is 0.0402. The Labute approximate surface area is 128 Å². The van der Waals surface area contributed by atoms with E-state index in [9.17, 15) is 4.79 Å². The first-order valence-electron chi connectivity index (χ1n) is 6.91. The van der Waals surface area contributed by atoms with Crippen molar-refractivity contribution in [2.45, 2.75) is 31.9 Å². The van der Waals surface area contributed by atoms with Gasteiger partial charge in [-0.2, -0.15) is 0 Å². The van der Waals surface area contributed by atoms with E-state index in [1.807, 2.05) is 29.2 Å². The van der Waals surface area contributed by atoms with Gasteiger partial charge in [-0.25, -0.2) is 0 Å². The van der Waals surface area contributed by atoms with Crippen molar-refractivity contribution in [3.63, 3.8) is 0 Å². The third kappa shape index (κ3) is 3.22. The summed E-state index contributed by atoms with van der Waals surface area (Å²) in [5.41, 5.74) is 6.12. The molecule has 2 rings (SSSR count). The number of rotatable bonds is 3. The average molecular weight is 341 g/mol. The first-order chi connectivity index (χ1) is 9.45. The van der Waals surface area contributed by atoms with Crippen molar-refractivity contribution in [3.05, 3.63) is 34.3 Å². The van der Waals surface area contributed by atoms with Gasteiger partial charge < -0.3 is 15.4 Å². The summed E-state index contributed by atoms with van der Waals surface area (Å²) < 4.78 is 6.57. The SMILES string of the molecule is CCC1CN(C(=O)C(C)(N)c2ccc(Br)cc2)CCO1. The van der Waals surface area contributed by atoms with Gasteiger partial charge in [0.25, 0.3) is 0 Å². The Morgan fingerprint density at radius 1 is 1.50 bits per heavy atom. The maximum absolute atomic E-state index is 12.7. The minimum atomic E-state index is -1.00. The first-order valence-corrected chi connectivity index (χ1v) is 7.70. The van der Waals surface area contributed by atoms with Crippen LogP contribution < -0.4 is 5.73 Å². The molecule has 1 aromatic rings. The van der Waals surface area contributed by atoms with Gasteiger partial charge in [-0.05, 0) is 31.0 Å². The van der Waals surface area contributed by atoms with Gasteiger partial charge in [0.1, 0.15) is 5.54 Å². The highest BCUT2D eigenvalue weighted by atomic mass is 79.9. The molecule has 1 aromatic carbocycles. The molecule has 1 amide bonds. The summed E-state index contributed by atoms with van der Waals surface area (Å²) in [4.78, 5) is 14.5. The molecule has 20 heavy (non-hydrogen) atoms. The van der Waals surface area contributed by atoms with Crippen LogP contribution in [0.15, 0.2) is 28.7 Å². The summed E-state index contributed by atoms with van der Waals surface area (Å²) in [5, 5.41) is 0. The molecule has 0 aliphatic carbocycles. The van der Waals surface area contributed by atoms with Crippen molar-refractivity contribution in [2.75, 3.05) is 19.7 Å². The molecule has 0 spiro atoms. The second-order valence-corrected chi connectivity index (χ2v) is 6.28. The molecule has 0 saturated carbocycles. The molecule has 1 heterocycles. The van der Waals surface area contributed by atoms with Crippen LogP contribution in [-0.2, 0) is 15.1 Å². The van der Waals surface area contributed by atoms with Crippen LogP contribution in [0.3, 0.4) is 0 Å². The van der Waals surface area contributed by atoms with Gasteiger partial charge in [0.15, 0.2) is 0 Å². The Bertz CT molecular complexity index is 473. The van der Waals surface area contributed by atoms with E-state index in [1.54, 1.807) is 6.92 Å². The van der Waals surface area contributed by atoms with E-state index < -0.39 is 5.54 Å². The zero-order valence-corrected chi connectivity index (χ0v) is 13.5. The van der Waals surface area contributed by atoms with E-state index in [4.69, 9.17) is 10.5 Å². The molecular weight excluding hydrogens is 320 g/mol. The Morgan fingerprint density at radius 2 is 2.15 bits per heavy atom. The summed E-state index contributed by atoms with van der Waals surface area (Å²) in [6.07, 6.45) is 1.03. The predicted molar refractivity (Wildman–Crippen MR) is 82.3 cm³/mol. The van der Waals surface area contributed by atoms with Crippen molar-refractivity contribution in [2.24, 2.45) is 5.73 Å². The highest BCUT2D eigenvalue weighted by Gasteiger charge is 2.36. The van der Waals surface area contributed by atoms with Gasteiger partial charge in [-0.3, -0.25) is 4.79 Å². The molecule has 110 valence electrons. The molecule has 1 aliphatic heterocycles. The van der Waals surface area contributed by atoms with Gasteiger partial charge in [0, 0.05) is 17.6 Å². The smallest absolute Gasteiger partial charge is 0.247 e. The molecule has 2 unspecified atom stereocenters. The average Bonchev–Trinajstić information content (AvgIpc) is 2.47. The van der Waals surface area contributed by atoms with E-state index in [1.165, 1.54) is 0 Å². The lowest BCUT2D eigenvalue weighted by molar-refractivity contribution is -0.144. The van der Waals surface area contributed by atoms with Crippen molar-refractivity contribution in [1.29, 1.82) is 0 Å². The van der Waals surface area contributed by atoms with Gasteiger partial charge in [0.2, 0.25) is 5.91 Å². The maximum atomic E-state index is 12.7. The van der Waals surface area contributed by atoms with E-state index in [0.717, 1.165) is 16.5 Å². The normalized spacial score (nSPS) is 22.4. The summed E-state index contributed by atoms with van der Waals surface area (Å²) in [7, 11) is 0. The zero-order chi connectivity index (χ0) is 14.8. The summed E-state index contributed by atoms with van der Waals surface area (Å²) in [5.74, 6) is -0.0402. The van der Waals surface area contributed by atoms with Crippen LogP contribution in [0.5, 0.6) is 0 Å². The highest BCUT2D eigenvalue weighted by Crippen LogP contribution is 2.24. The van der Waals surface area contributed by atoms with E-state index in [0.29, 0.717) is 19.7 Å². The van der Waals surface area contributed by atoms with Gasteiger partial charge >= 0.3 is 0 Å². The van der Waals surface area contributed by atoms with Crippen molar-refractivity contribution in [1.82, 2.24) is 4.90 Å². The fraction of sp³-hybridized carbons (Fsp3) is 0.533. The van der Waals surface area contributed by atoms with Crippen LogP contribution in [0.1, 0.15) is 25.8 Å². The molecule has 0 radical (unpaired) electrons. The number of nitrogens with two attached hydrogens (primary N) is 1. The molecule has 1 saturated heterocycles. The number of morpholine rings is 1. The minimum Gasteiger partial charge on any atom is -0.375 e. The summed E-state index contributed by atoms with van der Waals surface area (Å²) >= 11 is 3.39. The van der Waals surface area contributed by atoms with Crippen LogP contribution in [0.2, 0.25) is 0 Å². The van der Waals surface area contributed by atoms with Gasteiger partial charge in [-0.1, -0.05) is 35.0 Å². The van der Waals surface area contributed by atoms with E-state index in [2.05, 4.69) is 22.9 Å². The third-order valence-corrected chi connectivity index (χ3v) is 4.30. The molecular formula is C15H21BrN2O2. The second-order valence-electron chi connectivity index (χ2n) is 5.36. The number of carbonyl (C=O) groups is 1. The molecule has 1 fully saturated rings. The fourth-order valence-electron chi connectivity index (χ4n) is 2.40. The molecule has 1 aliphatic rings. The lowest BCUT2D eigenvalue weighted by Crippen LogP contribution is -2.55. The quantitative estimate of drug-likeness (QED) is 0.918. The Morgan fingerprint density at radius 3 is 2.75 bits per heavy atom. The Hall–Kier alpha value is -0.910. The molecule has 0 aromatic heterocycles. The second kappa shape index (κ2) is 6.24. The zero-order valence-electron chi connectivity index (χ0n) is 11.9. The van der Waals surface area contributed by atoms with E-state index in [-0.39, 0.29) is 12.0 Å². The Kier molecular flexibility index (Phi) is 4.83. The third-order valence-electron chi connectivity index (χ3n) is 3.77. The number of halogens is 1. The number of ether oxygens (including phenoxy) is 1. The van der Waals surface area contributed by atoms with Crippen molar-refractivity contribution < 1.29 is 9.53 Å². The summed E-state index contributed by atoms with van der Waals surface area (Å²) in [6, 6.07) is 7.59. The van der Waals surface area contributed by atoms with Crippen LogP contribution >= 0.6 is 15.9 Å². The first kappa shape index (κ1) is 15.5. The standard InChI is InChI=1S/C15H21BrN2O2/c1-3-13-10-18(8-9-20-13)14(19)15(2,17)11-4-6-12(16)7-5-11/h4-7,13H,3,8-10,17H2,1-2H3. The lowest BCUT2D eigenvalue weighted by Gasteiger charge is -2.37. The van der Waals surface area contributed by atoms with Crippen LogP contribution in [0.4, 0.5) is 0 Å². The molecule has 5 heteroatoms. The highest BCUT2D eigenvalue weighted by molar-refractivity contribution is 9.10. The van der Waals surface area contributed by atoms with Crippen LogP contribution in [0.25, 0.3) is 0 Å². The Balaban J connectivity index is 2.16. The summed E-state index contributed by atoms with van der Waals surface area (Å²) in [6.45, 7) is 5.65. The topological polar surface area (TPSA) is 55.6 Å². The lowest BCUT2D eigenvalue weighted by atomic mass is 9.91. The number of hydrogen-bond acceptors (Lipinski definition) is 3. The fourth-order valence-corrected chi connectivity index (χ4v) is 2.66. The molecule has 2 atom stereocenters. The number of benzene rings is 1. The molecule has 0 bridgehead atoms. The van der Waals surface area contributed by atoms with Gasteiger partial charge in [0.05, 0.1) is 12.7 Å².